The molecular formula is C18H21NO3. The van der Waals surface area contributed by atoms with Crippen LogP contribution in [0, 0.1) is 0 Å². The Morgan fingerprint density at radius 1 is 1.55 bits per heavy atom. The van der Waals surface area contributed by atoms with E-state index < -0.39 is 11.6 Å². The fraction of sp³-hybridized carbons (Fsp3) is 0.389. The van der Waals surface area contributed by atoms with Crippen molar-refractivity contribution in [2.24, 2.45) is 0 Å². The third kappa shape index (κ3) is 2.24. The van der Waals surface area contributed by atoms with Crippen LogP contribution >= 0.6 is 0 Å². The number of benzene rings is 1. The molecule has 0 amide bonds. The van der Waals surface area contributed by atoms with E-state index in [-0.39, 0.29) is 6.42 Å². The molecule has 0 saturated heterocycles. The van der Waals surface area contributed by atoms with E-state index in [2.05, 4.69) is 29.8 Å². The predicted molar refractivity (Wildman–Crippen MR) is 86.1 cm³/mol. The van der Waals surface area contributed by atoms with Gasteiger partial charge in [-0.15, -0.1) is 6.58 Å². The van der Waals surface area contributed by atoms with Gasteiger partial charge in [0, 0.05) is 10.9 Å². The number of allylic oxidation sites excluding steroid dienone is 1. The SMILES string of the molecule is C=CCc1cccc2c3c([nH]c12)C(CC)(CC(=O)O)OCC3. The summed E-state index contributed by atoms with van der Waals surface area (Å²) in [5.41, 5.74) is 3.66. The third-order valence-electron chi connectivity index (χ3n) is 4.59. The lowest BCUT2D eigenvalue weighted by Gasteiger charge is -2.35. The van der Waals surface area contributed by atoms with Gasteiger partial charge in [0.05, 0.1) is 18.7 Å². The predicted octanol–water partition coefficient (Wildman–Crippen LogP) is 3.55. The van der Waals surface area contributed by atoms with E-state index in [4.69, 9.17) is 4.74 Å². The van der Waals surface area contributed by atoms with E-state index in [0.29, 0.717) is 13.0 Å². The largest absolute Gasteiger partial charge is 0.481 e. The number of H-pyrrole nitrogens is 1. The van der Waals surface area contributed by atoms with Gasteiger partial charge >= 0.3 is 5.97 Å². The molecule has 4 nitrogen and oxygen atoms in total. The summed E-state index contributed by atoms with van der Waals surface area (Å²) in [5.74, 6) is -0.834. The van der Waals surface area contributed by atoms with Crippen molar-refractivity contribution in [1.82, 2.24) is 4.98 Å². The van der Waals surface area contributed by atoms with E-state index >= 15 is 0 Å². The van der Waals surface area contributed by atoms with Crippen LogP contribution in [-0.4, -0.2) is 22.7 Å². The van der Waals surface area contributed by atoms with Crippen LogP contribution in [0.3, 0.4) is 0 Å². The number of para-hydroxylation sites is 1. The number of hydrogen-bond donors (Lipinski definition) is 2. The number of aliphatic carboxylic acids is 1. The van der Waals surface area contributed by atoms with Gasteiger partial charge in [-0.3, -0.25) is 4.79 Å². The van der Waals surface area contributed by atoms with E-state index in [9.17, 15) is 9.90 Å². The van der Waals surface area contributed by atoms with Crippen LogP contribution in [0.5, 0.6) is 0 Å². The van der Waals surface area contributed by atoms with Gasteiger partial charge in [-0.1, -0.05) is 31.2 Å². The smallest absolute Gasteiger partial charge is 0.306 e. The highest BCUT2D eigenvalue weighted by Crippen LogP contribution is 2.42. The van der Waals surface area contributed by atoms with Gasteiger partial charge in [-0.25, -0.2) is 0 Å². The van der Waals surface area contributed by atoms with Gasteiger partial charge in [-0.2, -0.15) is 0 Å². The summed E-state index contributed by atoms with van der Waals surface area (Å²) < 4.78 is 5.95. The van der Waals surface area contributed by atoms with Crippen LogP contribution in [0.1, 0.15) is 36.6 Å². The maximum Gasteiger partial charge on any atom is 0.306 e. The molecule has 0 spiro atoms. The number of aromatic nitrogens is 1. The minimum Gasteiger partial charge on any atom is -0.481 e. The van der Waals surface area contributed by atoms with Crippen molar-refractivity contribution in [3.05, 3.63) is 47.7 Å². The summed E-state index contributed by atoms with van der Waals surface area (Å²) in [6, 6.07) is 6.23. The zero-order valence-electron chi connectivity index (χ0n) is 12.8. The van der Waals surface area contributed by atoms with Gasteiger partial charge in [0.1, 0.15) is 5.60 Å². The summed E-state index contributed by atoms with van der Waals surface area (Å²) in [6.45, 7) is 6.36. The average Bonchev–Trinajstić information content (AvgIpc) is 2.88. The molecular weight excluding hydrogens is 278 g/mol. The first-order chi connectivity index (χ1) is 10.6. The van der Waals surface area contributed by atoms with Crippen LogP contribution in [-0.2, 0) is 28.0 Å². The molecule has 1 aromatic heterocycles. The van der Waals surface area contributed by atoms with Crippen LogP contribution in [0.25, 0.3) is 10.9 Å². The number of fused-ring (bicyclic) bond motifs is 3. The monoisotopic (exact) mass is 299 g/mol. The molecule has 0 bridgehead atoms. The van der Waals surface area contributed by atoms with E-state index in [1.54, 1.807) is 0 Å². The second-order valence-electron chi connectivity index (χ2n) is 5.83. The number of nitrogens with one attached hydrogen (secondary N) is 1. The topological polar surface area (TPSA) is 62.3 Å². The number of rotatable bonds is 5. The quantitative estimate of drug-likeness (QED) is 0.830. The maximum absolute atomic E-state index is 11.3. The van der Waals surface area contributed by atoms with E-state index in [1.165, 1.54) is 16.5 Å². The number of carboxylic acids is 1. The molecule has 1 aliphatic heterocycles. The van der Waals surface area contributed by atoms with Crippen LogP contribution in [0.4, 0.5) is 0 Å². The molecule has 1 atom stereocenters. The average molecular weight is 299 g/mol. The Morgan fingerprint density at radius 3 is 3.05 bits per heavy atom. The molecule has 116 valence electrons. The molecule has 4 heteroatoms. The van der Waals surface area contributed by atoms with Gasteiger partial charge in [0.2, 0.25) is 0 Å². The zero-order chi connectivity index (χ0) is 15.7. The molecule has 0 radical (unpaired) electrons. The number of ether oxygens (including phenoxy) is 1. The molecule has 1 aliphatic rings. The van der Waals surface area contributed by atoms with Gasteiger partial charge in [0.15, 0.2) is 0 Å². The molecule has 1 aromatic carbocycles. The van der Waals surface area contributed by atoms with Crippen molar-refractivity contribution in [2.45, 2.75) is 38.2 Å². The molecule has 0 fully saturated rings. The fourth-order valence-corrected chi connectivity index (χ4v) is 3.52. The van der Waals surface area contributed by atoms with Crippen molar-refractivity contribution in [2.75, 3.05) is 6.61 Å². The lowest BCUT2D eigenvalue weighted by molar-refractivity contribution is -0.148. The number of hydrogen-bond acceptors (Lipinski definition) is 2. The van der Waals surface area contributed by atoms with Gasteiger partial charge < -0.3 is 14.8 Å². The maximum atomic E-state index is 11.3. The highest BCUT2D eigenvalue weighted by atomic mass is 16.5. The zero-order valence-corrected chi connectivity index (χ0v) is 12.8. The molecule has 22 heavy (non-hydrogen) atoms. The van der Waals surface area contributed by atoms with Crippen molar-refractivity contribution in [3.63, 3.8) is 0 Å². The Labute approximate surface area is 129 Å². The lowest BCUT2D eigenvalue weighted by atomic mass is 9.86. The Balaban J connectivity index is 2.22. The number of carbonyl (C=O) groups is 1. The van der Waals surface area contributed by atoms with Crippen LogP contribution < -0.4 is 0 Å². The molecule has 2 heterocycles. The van der Waals surface area contributed by atoms with E-state index in [0.717, 1.165) is 24.1 Å². The standard InChI is InChI=1S/C18H21NO3/c1-3-6-12-7-5-8-13-14-9-10-22-18(4-2,11-15(20)21)17(14)19-16(12)13/h3,5,7-8,19H,1,4,6,9-11H2,2H3,(H,20,21). The number of aromatic amines is 1. The van der Waals surface area contributed by atoms with Crippen LogP contribution in [0.15, 0.2) is 30.9 Å². The van der Waals surface area contributed by atoms with Gasteiger partial charge in [0.25, 0.3) is 0 Å². The molecule has 2 aromatic rings. The first-order valence-electron chi connectivity index (χ1n) is 7.71. The highest BCUT2D eigenvalue weighted by Gasteiger charge is 2.40. The van der Waals surface area contributed by atoms with Crippen LogP contribution in [0.2, 0.25) is 0 Å². The molecule has 3 rings (SSSR count). The van der Waals surface area contributed by atoms with E-state index in [1.807, 2.05) is 13.0 Å². The normalized spacial score (nSPS) is 20.8. The summed E-state index contributed by atoms with van der Waals surface area (Å²) in [5, 5.41) is 10.5. The molecule has 1 unspecified atom stereocenters. The van der Waals surface area contributed by atoms with Gasteiger partial charge in [-0.05, 0) is 30.4 Å². The minimum absolute atomic E-state index is 0.0138. The molecule has 0 saturated carbocycles. The highest BCUT2D eigenvalue weighted by molar-refractivity contribution is 5.88. The van der Waals surface area contributed by atoms with Crippen molar-refractivity contribution < 1.29 is 14.6 Å². The van der Waals surface area contributed by atoms with Crippen molar-refractivity contribution in [3.8, 4) is 0 Å². The summed E-state index contributed by atoms with van der Waals surface area (Å²) in [6.07, 6.45) is 4.11. The summed E-state index contributed by atoms with van der Waals surface area (Å²) >= 11 is 0. The lowest BCUT2D eigenvalue weighted by Crippen LogP contribution is -2.37. The number of carboxylic acid groups (broad SMARTS) is 1. The minimum atomic E-state index is -0.834. The second kappa shape index (κ2) is 5.61. The van der Waals surface area contributed by atoms with Crippen molar-refractivity contribution in [1.29, 1.82) is 0 Å². The third-order valence-corrected chi connectivity index (χ3v) is 4.59. The Hall–Kier alpha value is -2.07. The molecule has 2 N–H and O–H groups in total. The fourth-order valence-electron chi connectivity index (χ4n) is 3.52. The second-order valence-corrected chi connectivity index (χ2v) is 5.83. The first kappa shape index (κ1) is 14.9. The Kier molecular flexibility index (Phi) is 3.79. The Bertz CT molecular complexity index is 731. The summed E-state index contributed by atoms with van der Waals surface area (Å²) in [7, 11) is 0. The van der Waals surface area contributed by atoms with Crippen molar-refractivity contribution >= 4 is 16.9 Å². The first-order valence-corrected chi connectivity index (χ1v) is 7.71. The molecule has 0 aliphatic carbocycles. The Morgan fingerprint density at radius 2 is 2.36 bits per heavy atom. The summed E-state index contributed by atoms with van der Waals surface area (Å²) in [4.78, 5) is 14.8.